The van der Waals surface area contributed by atoms with Gasteiger partial charge in [-0.05, 0) is 36.5 Å². The molecule has 2 N–H and O–H groups in total. The zero-order valence-corrected chi connectivity index (χ0v) is 14.7. The molecule has 7 nitrogen and oxygen atoms in total. The van der Waals surface area contributed by atoms with Gasteiger partial charge in [-0.15, -0.1) is 11.3 Å². The van der Waals surface area contributed by atoms with Gasteiger partial charge < -0.3 is 9.30 Å². The summed E-state index contributed by atoms with van der Waals surface area (Å²) in [6.07, 6.45) is 0.540. The Bertz CT molecular complexity index is 911. The minimum absolute atomic E-state index is 0.211. The van der Waals surface area contributed by atoms with Crippen LogP contribution in [-0.4, -0.2) is 32.8 Å². The predicted octanol–water partition coefficient (Wildman–Crippen LogP) is 2.79. The fraction of sp³-hybridized carbons (Fsp3) is 0.200. The number of thiazole rings is 1. The first-order valence-electron chi connectivity index (χ1n) is 7.07. The van der Waals surface area contributed by atoms with Gasteiger partial charge in [0, 0.05) is 18.0 Å². The second kappa shape index (κ2) is 6.93. The average Bonchev–Trinajstić information content (AvgIpc) is 3.16. The van der Waals surface area contributed by atoms with Crippen molar-refractivity contribution in [2.75, 3.05) is 12.4 Å². The molecule has 3 rings (SSSR count). The highest BCUT2D eigenvalue weighted by atomic mass is 32.1. The summed E-state index contributed by atoms with van der Waals surface area (Å²) in [4.78, 5) is 16.6. The fourth-order valence-corrected chi connectivity index (χ4v) is 2.91. The van der Waals surface area contributed by atoms with Gasteiger partial charge in [-0.25, -0.2) is 4.98 Å². The van der Waals surface area contributed by atoms with Crippen molar-refractivity contribution < 1.29 is 9.53 Å². The summed E-state index contributed by atoms with van der Waals surface area (Å²) in [5.74, 6) is 1.28. The molecule has 0 aliphatic heterocycles. The molecule has 24 heavy (non-hydrogen) atoms. The lowest BCUT2D eigenvalue weighted by Crippen LogP contribution is -2.11. The highest BCUT2D eigenvalue weighted by Crippen LogP contribution is 2.19. The van der Waals surface area contributed by atoms with E-state index in [1.54, 1.807) is 35.9 Å². The van der Waals surface area contributed by atoms with E-state index in [0.717, 1.165) is 11.5 Å². The first-order valence-corrected chi connectivity index (χ1v) is 8.35. The predicted molar refractivity (Wildman–Crippen MR) is 94.3 cm³/mol. The molecule has 0 aliphatic rings. The zero-order valence-electron chi connectivity index (χ0n) is 13.1. The molecule has 2 aromatic heterocycles. The molecular weight excluding hydrogens is 346 g/mol. The van der Waals surface area contributed by atoms with E-state index in [1.807, 2.05) is 12.4 Å². The van der Waals surface area contributed by atoms with Crippen LogP contribution in [0.5, 0.6) is 5.75 Å². The van der Waals surface area contributed by atoms with Gasteiger partial charge in [0.1, 0.15) is 11.6 Å². The van der Waals surface area contributed by atoms with E-state index in [4.69, 9.17) is 17.0 Å². The quantitative estimate of drug-likeness (QED) is 0.683. The summed E-state index contributed by atoms with van der Waals surface area (Å²) in [7, 11) is 3.43. The Labute approximate surface area is 147 Å². The molecule has 0 saturated heterocycles. The van der Waals surface area contributed by atoms with E-state index in [2.05, 4.69) is 20.5 Å². The van der Waals surface area contributed by atoms with Crippen molar-refractivity contribution in [1.29, 1.82) is 0 Å². The van der Waals surface area contributed by atoms with Crippen molar-refractivity contribution in [3.8, 4) is 5.75 Å². The molecule has 1 amide bonds. The first kappa shape index (κ1) is 16.3. The van der Waals surface area contributed by atoms with Gasteiger partial charge in [0.05, 0.1) is 19.2 Å². The van der Waals surface area contributed by atoms with Gasteiger partial charge in [0.15, 0.2) is 9.90 Å². The van der Waals surface area contributed by atoms with Crippen LogP contribution in [0.1, 0.15) is 21.9 Å². The fourth-order valence-electron chi connectivity index (χ4n) is 2.06. The second-order valence-corrected chi connectivity index (χ2v) is 6.25. The number of nitrogens with one attached hydrogen (secondary N) is 2. The van der Waals surface area contributed by atoms with E-state index in [0.29, 0.717) is 27.6 Å². The molecule has 0 spiro atoms. The monoisotopic (exact) mass is 361 g/mol. The van der Waals surface area contributed by atoms with E-state index < -0.39 is 0 Å². The molecule has 1 aromatic carbocycles. The number of carbonyl (C=O) groups excluding carboxylic acids is 1. The highest BCUT2D eigenvalue weighted by molar-refractivity contribution is 7.71. The average molecular weight is 361 g/mol. The van der Waals surface area contributed by atoms with Crippen molar-refractivity contribution in [2.45, 2.75) is 6.42 Å². The third-order valence-corrected chi connectivity index (χ3v) is 4.61. The summed E-state index contributed by atoms with van der Waals surface area (Å²) in [5, 5.41) is 12.1. The number of H-pyrrole nitrogens is 1. The third-order valence-electron chi connectivity index (χ3n) is 3.44. The Morgan fingerprint density at radius 2 is 2.17 bits per heavy atom. The second-order valence-electron chi connectivity index (χ2n) is 5.01. The van der Waals surface area contributed by atoms with Crippen LogP contribution in [-0.2, 0) is 13.5 Å². The van der Waals surface area contributed by atoms with Crippen LogP contribution in [0.25, 0.3) is 0 Å². The maximum Gasteiger partial charge on any atom is 0.257 e. The number of nitrogens with zero attached hydrogens (tertiary/aromatic N) is 3. The lowest BCUT2D eigenvalue weighted by molar-refractivity contribution is 0.102. The Hall–Kier alpha value is -2.52. The van der Waals surface area contributed by atoms with Crippen molar-refractivity contribution in [2.24, 2.45) is 7.05 Å². The van der Waals surface area contributed by atoms with Crippen LogP contribution in [0.3, 0.4) is 0 Å². The zero-order chi connectivity index (χ0) is 17.1. The number of aromatic amines is 1. The van der Waals surface area contributed by atoms with E-state index in [-0.39, 0.29) is 5.91 Å². The minimum Gasteiger partial charge on any atom is -0.497 e. The van der Waals surface area contributed by atoms with Crippen molar-refractivity contribution >= 4 is 34.6 Å². The van der Waals surface area contributed by atoms with Gasteiger partial charge >= 0.3 is 0 Å². The topological polar surface area (TPSA) is 84.8 Å². The van der Waals surface area contributed by atoms with Gasteiger partial charge in [0.25, 0.3) is 5.91 Å². The molecule has 0 fully saturated rings. The Morgan fingerprint density at radius 1 is 1.42 bits per heavy atom. The van der Waals surface area contributed by atoms with Crippen LogP contribution < -0.4 is 10.1 Å². The molecule has 0 aliphatic carbocycles. The maximum absolute atomic E-state index is 12.2. The first-order chi connectivity index (χ1) is 11.6. The van der Waals surface area contributed by atoms with Gasteiger partial charge in [-0.1, -0.05) is 0 Å². The van der Waals surface area contributed by atoms with Crippen LogP contribution in [0.2, 0.25) is 0 Å². The number of rotatable bonds is 5. The number of hydrogen-bond donors (Lipinski definition) is 2. The van der Waals surface area contributed by atoms with Crippen molar-refractivity contribution in [1.82, 2.24) is 19.7 Å². The van der Waals surface area contributed by atoms with E-state index in [1.165, 1.54) is 11.3 Å². The molecule has 0 bridgehead atoms. The molecule has 2 heterocycles. The molecule has 124 valence electrons. The number of benzene rings is 1. The van der Waals surface area contributed by atoms with Gasteiger partial charge in [-0.3, -0.25) is 15.2 Å². The SMILES string of the molecule is COc1ccc(C(=O)Nc2nc(Cc3n[nH]c(=S)n3C)cs2)cc1. The maximum atomic E-state index is 12.2. The molecule has 3 aromatic rings. The van der Waals surface area contributed by atoms with Crippen LogP contribution in [0.15, 0.2) is 29.6 Å². The van der Waals surface area contributed by atoms with Gasteiger partial charge in [0.2, 0.25) is 0 Å². The standard InChI is InChI=1S/C15H15N5O2S2/c1-20-12(18-19-15(20)23)7-10-8-24-14(16-10)17-13(21)9-3-5-11(22-2)6-4-9/h3-6,8H,7H2,1-2H3,(H,19,23)(H,16,17,21). The molecule has 9 heteroatoms. The van der Waals surface area contributed by atoms with E-state index in [9.17, 15) is 4.79 Å². The highest BCUT2D eigenvalue weighted by Gasteiger charge is 2.11. The van der Waals surface area contributed by atoms with Crippen molar-refractivity contribution in [3.63, 3.8) is 0 Å². The summed E-state index contributed by atoms with van der Waals surface area (Å²) in [6.45, 7) is 0. The lowest BCUT2D eigenvalue weighted by atomic mass is 10.2. The summed E-state index contributed by atoms with van der Waals surface area (Å²) in [5.41, 5.74) is 1.36. The number of hydrogen-bond acceptors (Lipinski definition) is 6. The van der Waals surface area contributed by atoms with Gasteiger partial charge in [-0.2, -0.15) is 5.10 Å². The largest absolute Gasteiger partial charge is 0.497 e. The number of aromatic nitrogens is 4. The number of amides is 1. The molecule has 0 saturated carbocycles. The van der Waals surface area contributed by atoms with Crippen molar-refractivity contribution in [3.05, 3.63) is 51.5 Å². The Balaban J connectivity index is 1.67. The van der Waals surface area contributed by atoms with Crippen LogP contribution in [0.4, 0.5) is 5.13 Å². The molecular formula is C15H15N5O2S2. The third kappa shape index (κ3) is 3.52. The number of anilines is 1. The summed E-state index contributed by atoms with van der Waals surface area (Å²) in [6, 6.07) is 6.90. The van der Waals surface area contributed by atoms with E-state index >= 15 is 0 Å². The Morgan fingerprint density at radius 3 is 2.79 bits per heavy atom. The lowest BCUT2D eigenvalue weighted by Gasteiger charge is -2.03. The molecule has 0 radical (unpaired) electrons. The number of carbonyl (C=O) groups is 1. The Kier molecular flexibility index (Phi) is 4.72. The normalized spacial score (nSPS) is 10.6. The summed E-state index contributed by atoms with van der Waals surface area (Å²) >= 11 is 6.46. The molecule has 0 atom stereocenters. The number of ether oxygens (including phenoxy) is 1. The number of methoxy groups -OCH3 is 1. The smallest absolute Gasteiger partial charge is 0.257 e. The minimum atomic E-state index is -0.211. The summed E-state index contributed by atoms with van der Waals surface area (Å²) < 4.78 is 7.44. The molecule has 0 unspecified atom stereocenters. The van der Waals surface area contributed by atoms with Crippen LogP contribution in [0, 0.1) is 4.77 Å². The van der Waals surface area contributed by atoms with Crippen LogP contribution >= 0.6 is 23.6 Å².